The molecule has 24 heavy (non-hydrogen) atoms. The maximum absolute atomic E-state index is 5.79. The van der Waals surface area contributed by atoms with Gasteiger partial charge in [0.05, 0.1) is 18.8 Å². The highest BCUT2D eigenvalue weighted by Gasteiger charge is 2.22. The number of benzene rings is 1. The van der Waals surface area contributed by atoms with Gasteiger partial charge in [-0.2, -0.15) is 0 Å². The smallest absolute Gasteiger partial charge is 0.171 e. The van der Waals surface area contributed by atoms with E-state index in [1.807, 2.05) is 6.07 Å². The van der Waals surface area contributed by atoms with E-state index in [0.29, 0.717) is 5.11 Å². The quantitative estimate of drug-likeness (QED) is 0.809. The fourth-order valence-corrected chi connectivity index (χ4v) is 3.73. The van der Waals surface area contributed by atoms with Gasteiger partial charge in [-0.1, -0.05) is 6.07 Å². The molecule has 2 N–H and O–H groups in total. The maximum Gasteiger partial charge on any atom is 0.171 e. The monoisotopic (exact) mass is 361 g/mol. The van der Waals surface area contributed by atoms with E-state index >= 15 is 0 Å². The first-order valence-corrected chi connectivity index (χ1v) is 9.46. The van der Waals surface area contributed by atoms with Crippen molar-refractivity contribution >= 4 is 40.0 Å². The van der Waals surface area contributed by atoms with E-state index in [9.17, 15) is 0 Å². The van der Waals surface area contributed by atoms with Crippen LogP contribution in [0.5, 0.6) is 0 Å². The van der Waals surface area contributed by atoms with Crippen molar-refractivity contribution in [2.45, 2.75) is 32.6 Å². The van der Waals surface area contributed by atoms with Crippen LogP contribution >= 0.6 is 23.6 Å². The summed E-state index contributed by atoms with van der Waals surface area (Å²) in [5, 5.41) is 9.17. The van der Waals surface area contributed by atoms with E-state index in [4.69, 9.17) is 17.0 Å². The van der Waals surface area contributed by atoms with Crippen molar-refractivity contribution in [1.29, 1.82) is 0 Å². The third-order valence-electron chi connectivity index (χ3n) is 3.91. The van der Waals surface area contributed by atoms with Gasteiger partial charge < -0.3 is 20.3 Å². The number of hydrogen-bond donors (Lipinski definition) is 2. The average molecular weight is 362 g/mol. The summed E-state index contributed by atoms with van der Waals surface area (Å²) in [7, 11) is 0. The van der Waals surface area contributed by atoms with Gasteiger partial charge in [0.2, 0.25) is 0 Å². The zero-order valence-corrected chi connectivity index (χ0v) is 15.6. The standard InChI is InChI=1S/C18H23N3OS2/c1-13-11-21(12-14(2)22-13)16-7-5-15(6-8-16)20-18(23)19-10-17-4-3-9-24-17/h3-9,13-14H,10-12H2,1-2H3,(H2,19,20,23)/t13-,14-/m1/s1. The molecule has 0 saturated carbocycles. The van der Waals surface area contributed by atoms with Gasteiger partial charge >= 0.3 is 0 Å². The summed E-state index contributed by atoms with van der Waals surface area (Å²) in [4.78, 5) is 3.64. The van der Waals surface area contributed by atoms with Gasteiger partial charge in [0.25, 0.3) is 0 Å². The van der Waals surface area contributed by atoms with E-state index in [-0.39, 0.29) is 12.2 Å². The van der Waals surface area contributed by atoms with Crippen LogP contribution in [0.4, 0.5) is 11.4 Å². The lowest BCUT2D eigenvalue weighted by molar-refractivity contribution is -0.00521. The van der Waals surface area contributed by atoms with E-state index in [2.05, 4.69) is 65.1 Å². The summed E-state index contributed by atoms with van der Waals surface area (Å²) in [5.74, 6) is 0. The van der Waals surface area contributed by atoms with Crippen molar-refractivity contribution in [1.82, 2.24) is 5.32 Å². The number of nitrogens with one attached hydrogen (secondary N) is 2. The highest BCUT2D eigenvalue weighted by Crippen LogP contribution is 2.22. The molecule has 2 heterocycles. The number of thiophene rings is 1. The molecule has 0 bridgehead atoms. The van der Waals surface area contributed by atoms with Crippen LogP contribution < -0.4 is 15.5 Å². The number of anilines is 2. The normalized spacial score (nSPS) is 20.7. The molecular weight excluding hydrogens is 338 g/mol. The first-order chi connectivity index (χ1) is 11.6. The molecule has 4 nitrogen and oxygen atoms in total. The number of ether oxygens (including phenoxy) is 1. The van der Waals surface area contributed by atoms with Crippen molar-refractivity contribution < 1.29 is 4.74 Å². The molecule has 0 amide bonds. The Morgan fingerprint density at radius 3 is 2.54 bits per heavy atom. The second-order valence-electron chi connectivity index (χ2n) is 6.10. The Morgan fingerprint density at radius 1 is 1.21 bits per heavy atom. The number of thiocarbonyl (C=S) groups is 1. The highest BCUT2D eigenvalue weighted by molar-refractivity contribution is 7.80. The molecule has 1 saturated heterocycles. The van der Waals surface area contributed by atoms with Crippen LogP contribution in [0.15, 0.2) is 41.8 Å². The topological polar surface area (TPSA) is 36.5 Å². The molecule has 0 spiro atoms. The van der Waals surface area contributed by atoms with Crippen molar-refractivity contribution in [3.05, 3.63) is 46.7 Å². The van der Waals surface area contributed by atoms with Gasteiger partial charge in [-0.05, 0) is 61.8 Å². The van der Waals surface area contributed by atoms with Crippen LogP contribution in [0.2, 0.25) is 0 Å². The Balaban J connectivity index is 1.53. The molecule has 128 valence electrons. The summed E-state index contributed by atoms with van der Waals surface area (Å²) in [6.45, 7) is 6.85. The van der Waals surface area contributed by atoms with Crippen LogP contribution in [-0.4, -0.2) is 30.4 Å². The molecule has 1 aliphatic rings. The summed E-state index contributed by atoms with van der Waals surface area (Å²) < 4.78 is 5.79. The minimum absolute atomic E-state index is 0.264. The Morgan fingerprint density at radius 2 is 1.92 bits per heavy atom. The molecule has 0 unspecified atom stereocenters. The van der Waals surface area contributed by atoms with Crippen LogP contribution in [0.1, 0.15) is 18.7 Å². The predicted molar refractivity (Wildman–Crippen MR) is 106 cm³/mol. The van der Waals surface area contributed by atoms with Gasteiger partial charge in [0.15, 0.2) is 5.11 Å². The SMILES string of the molecule is C[C@@H]1CN(c2ccc(NC(=S)NCc3cccs3)cc2)C[C@@H](C)O1. The second kappa shape index (κ2) is 7.96. The zero-order valence-electron chi connectivity index (χ0n) is 14.0. The number of hydrogen-bond acceptors (Lipinski definition) is 4. The molecule has 3 rings (SSSR count). The molecule has 2 aromatic rings. The number of morpholine rings is 1. The summed E-state index contributed by atoms with van der Waals surface area (Å²) in [5.41, 5.74) is 2.22. The molecule has 0 radical (unpaired) electrons. The fourth-order valence-electron chi connectivity index (χ4n) is 2.90. The van der Waals surface area contributed by atoms with E-state index in [0.717, 1.165) is 25.3 Å². The van der Waals surface area contributed by atoms with Gasteiger partial charge in [0.1, 0.15) is 0 Å². The highest BCUT2D eigenvalue weighted by atomic mass is 32.1. The first-order valence-electron chi connectivity index (χ1n) is 8.18. The number of rotatable bonds is 4. The summed E-state index contributed by atoms with van der Waals surface area (Å²) in [6, 6.07) is 12.5. The van der Waals surface area contributed by atoms with Gasteiger partial charge in [-0.15, -0.1) is 11.3 Å². The molecule has 1 aliphatic heterocycles. The van der Waals surface area contributed by atoms with Crippen LogP contribution in [0, 0.1) is 0 Å². The Labute approximate surface area is 152 Å². The van der Waals surface area contributed by atoms with Gasteiger partial charge in [0, 0.05) is 29.3 Å². The van der Waals surface area contributed by atoms with Crippen molar-refractivity contribution in [3.63, 3.8) is 0 Å². The third kappa shape index (κ3) is 4.69. The lowest BCUT2D eigenvalue weighted by atomic mass is 10.2. The maximum atomic E-state index is 5.79. The molecule has 6 heteroatoms. The minimum Gasteiger partial charge on any atom is -0.372 e. The third-order valence-corrected chi connectivity index (χ3v) is 5.04. The summed E-state index contributed by atoms with van der Waals surface area (Å²) in [6.07, 6.45) is 0.529. The van der Waals surface area contributed by atoms with Crippen LogP contribution in [0.25, 0.3) is 0 Å². The van der Waals surface area contributed by atoms with E-state index in [1.165, 1.54) is 10.6 Å². The molecule has 0 aliphatic carbocycles. The van der Waals surface area contributed by atoms with E-state index in [1.54, 1.807) is 11.3 Å². The lowest BCUT2D eigenvalue weighted by Crippen LogP contribution is -2.45. The number of nitrogens with zero attached hydrogens (tertiary/aromatic N) is 1. The minimum atomic E-state index is 0.264. The Hall–Kier alpha value is -1.63. The molecule has 1 fully saturated rings. The van der Waals surface area contributed by atoms with Crippen LogP contribution in [-0.2, 0) is 11.3 Å². The summed E-state index contributed by atoms with van der Waals surface area (Å²) >= 11 is 7.08. The van der Waals surface area contributed by atoms with Crippen molar-refractivity contribution in [2.75, 3.05) is 23.3 Å². The van der Waals surface area contributed by atoms with Crippen molar-refractivity contribution in [2.24, 2.45) is 0 Å². The fraction of sp³-hybridized carbons (Fsp3) is 0.389. The van der Waals surface area contributed by atoms with E-state index < -0.39 is 0 Å². The molecule has 1 aromatic carbocycles. The molecule has 1 aromatic heterocycles. The van der Waals surface area contributed by atoms with Gasteiger partial charge in [-0.3, -0.25) is 0 Å². The predicted octanol–water partition coefficient (Wildman–Crippen LogP) is 3.85. The second-order valence-corrected chi connectivity index (χ2v) is 7.54. The van der Waals surface area contributed by atoms with Crippen LogP contribution in [0.3, 0.4) is 0 Å². The largest absolute Gasteiger partial charge is 0.372 e. The molecule has 2 atom stereocenters. The van der Waals surface area contributed by atoms with Gasteiger partial charge in [-0.25, -0.2) is 0 Å². The molecular formula is C18H23N3OS2. The zero-order chi connectivity index (χ0) is 16.9. The first kappa shape index (κ1) is 17.2. The Kier molecular flexibility index (Phi) is 5.71. The Bertz CT molecular complexity index is 647. The van der Waals surface area contributed by atoms with Crippen molar-refractivity contribution in [3.8, 4) is 0 Å². The lowest BCUT2D eigenvalue weighted by Gasteiger charge is -2.36. The average Bonchev–Trinajstić information content (AvgIpc) is 3.06.